The van der Waals surface area contributed by atoms with Crippen LogP contribution in [0.1, 0.15) is 19.3 Å². The van der Waals surface area contributed by atoms with Crippen LogP contribution in [0.25, 0.3) is 0 Å². The van der Waals surface area contributed by atoms with Crippen LogP contribution >= 0.6 is 0 Å². The van der Waals surface area contributed by atoms with E-state index < -0.39 is 0 Å². The van der Waals surface area contributed by atoms with E-state index in [1.54, 1.807) is 0 Å². The Balaban J connectivity index is 2.24. The second-order valence-corrected chi connectivity index (χ2v) is 3.57. The molecule has 0 bridgehead atoms. The molecule has 0 unspecified atom stereocenters. The number of allylic oxidation sites excluding steroid dienone is 1. The Morgan fingerprint density at radius 1 is 1.45 bits per heavy atom. The summed E-state index contributed by atoms with van der Waals surface area (Å²) in [7, 11) is 0. The van der Waals surface area contributed by atoms with Crippen LogP contribution in [0.2, 0.25) is 0 Å². The fraction of sp³-hybridized carbons (Fsp3) is 0.667. The lowest BCUT2D eigenvalue weighted by Gasteiger charge is -2.10. The number of ketones is 1. The van der Waals surface area contributed by atoms with Gasteiger partial charge in [0.05, 0.1) is 6.10 Å². The lowest BCUT2D eigenvalue weighted by molar-refractivity contribution is -0.115. The van der Waals surface area contributed by atoms with E-state index in [-0.39, 0.29) is 17.8 Å². The quantitative estimate of drug-likeness (QED) is 0.524. The molecule has 2 fully saturated rings. The molecule has 0 heterocycles. The van der Waals surface area contributed by atoms with Crippen molar-refractivity contribution < 1.29 is 9.90 Å². The summed E-state index contributed by atoms with van der Waals surface area (Å²) in [6.45, 7) is 3.75. The van der Waals surface area contributed by atoms with Crippen molar-refractivity contribution in [2.75, 3.05) is 0 Å². The van der Waals surface area contributed by atoms with E-state index in [2.05, 4.69) is 6.58 Å². The average molecular weight is 152 g/mol. The smallest absolute Gasteiger partial charge is 0.158 e. The highest BCUT2D eigenvalue weighted by atomic mass is 16.3. The van der Waals surface area contributed by atoms with Crippen molar-refractivity contribution in [1.82, 2.24) is 0 Å². The maximum atomic E-state index is 11.1. The van der Waals surface area contributed by atoms with Gasteiger partial charge in [-0.15, -0.1) is 0 Å². The Labute approximate surface area is 65.9 Å². The van der Waals surface area contributed by atoms with Gasteiger partial charge < -0.3 is 5.11 Å². The molecule has 2 rings (SSSR count). The summed E-state index contributed by atoms with van der Waals surface area (Å²) in [5.41, 5.74) is 0.756. The van der Waals surface area contributed by atoms with Gasteiger partial charge in [0.1, 0.15) is 0 Å². The van der Waals surface area contributed by atoms with Crippen LogP contribution in [-0.2, 0) is 4.79 Å². The van der Waals surface area contributed by atoms with Gasteiger partial charge in [-0.2, -0.15) is 0 Å². The first-order valence-corrected chi connectivity index (χ1v) is 4.10. The maximum Gasteiger partial charge on any atom is 0.158 e. The summed E-state index contributed by atoms with van der Waals surface area (Å²) in [5.74, 6) is 0.672. The van der Waals surface area contributed by atoms with E-state index in [0.29, 0.717) is 12.3 Å². The van der Waals surface area contributed by atoms with Crippen LogP contribution < -0.4 is 0 Å². The first kappa shape index (κ1) is 7.04. The summed E-state index contributed by atoms with van der Waals surface area (Å²) < 4.78 is 0. The summed E-state index contributed by atoms with van der Waals surface area (Å²) in [5, 5.41) is 9.44. The predicted octanol–water partition coefficient (Wildman–Crippen LogP) is 0.902. The van der Waals surface area contributed by atoms with E-state index in [1.807, 2.05) is 0 Å². The SMILES string of the molecule is C=C1C(=O)C[C@H]2[C@H](O)CC[C@H]12. The Hall–Kier alpha value is -0.630. The third-order valence-corrected chi connectivity index (χ3v) is 3.01. The van der Waals surface area contributed by atoms with E-state index in [1.165, 1.54) is 0 Å². The van der Waals surface area contributed by atoms with E-state index in [0.717, 1.165) is 18.4 Å². The number of hydrogen-bond donors (Lipinski definition) is 1. The second-order valence-electron chi connectivity index (χ2n) is 3.57. The van der Waals surface area contributed by atoms with Gasteiger partial charge in [-0.25, -0.2) is 0 Å². The molecule has 11 heavy (non-hydrogen) atoms. The minimum atomic E-state index is -0.247. The zero-order chi connectivity index (χ0) is 8.01. The Morgan fingerprint density at radius 3 is 2.82 bits per heavy atom. The van der Waals surface area contributed by atoms with Gasteiger partial charge >= 0.3 is 0 Å². The van der Waals surface area contributed by atoms with Crippen molar-refractivity contribution in [3.8, 4) is 0 Å². The van der Waals surface area contributed by atoms with Gasteiger partial charge in [-0.1, -0.05) is 6.58 Å². The van der Waals surface area contributed by atoms with Crippen LogP contribution in [0, 0.1) is 11.8 Å². The van der Waals surface area contributed by atoms with E-state index in [9.17, 15) is 9.90 Å². The number of rotatable bonds is 0. The number of fused-ring (bicyclic) bond motifs is 1. The molecule has 0 amide bonds. The van der Waals surface area contributed by atoms with Crippen molar-refractivity contribution in [2.45, 2.75) is 25.4 Å². The third kappa shape index (κ3) is 0.857. The van der Waals surface area contributed by atoms with Crippen molar-refractivity contribution in [1.29, 1.82) is 0 Å². The molecule has 0 aromatic carbocycles. The van der Waals surface area contributed by atoms with Gasteiger partial charge in [0.25, 0.3) is 0 Å². The summed E-state index contributed by atoms with van der Waals surface area (Å²) in [6, 6.07) is 0. The summed E-state index contributed by atoms with van der Waals surface area (Å²) >= 11 is 0. The minimum absolute atomic E-state index is 0.166. The van der Waals surface area contributed by atoms with Crippen LogP contribution in [-0.4, -0.2) is 17.0 Å². The molecule has 3 atom stereocenters. The third-order valence-electron chi connectivity index (χ3n) is 3.01. The highest BCUT2D eigenvalue weighted by Crippen LogP contribution is 2.44. The molecule has 0 spiro atoms. The Kier molecular flexibility index (Phi) is 1.39. The molecule has 0 aromatic rings. The molecule has 0 radical (unpaired) electrons. The number of aliphatic hydroxyl groups is 1. The van der Waals surface area contributed by atoms with Gasteiger partial charge in [0.15, 0.2) is 5.78 Å². The first-order valence-electron chi connectivity index (χ1n) is 4.10. The highest BCUT2D eigenvalue weighted by Gasteiger charge is 2.44. The largest absolute Gasteiger partial charge is 0.393 e. The van der Waals surface area contributed by atoms with Crippen LogP contribution in [0.5, 0.6) is 0 Å². The zero-order valence-electron chi connectivity index (χ0n) is 6.42. The Bertz CT molecular complexity index is 220. The van der Waals surface area contributed by atoms with E-state index >= 15 is 0 Å². The van der Waals surface area contributed by atoms with Crippen LogP contribution in [0.15, 0.2) is 12.2 Å². The maximum absolute atomic E-state index is 11.1. The van der Waals surface area contributed by atoms with Gasteiger partial charge in [0, 0.05) is 6.42 Å². The summed E-state index contributed by atoms with van der Waals surface area (Å²) in [4.78, 5) is 11.1. The topological polar surface area (TPSA) is 37.3 Å². The number of Topliss-reactive ketones (excluding diaryl/α,β-unsaturated/α-hetero) is 1. The second kappa shape index (κ2) is 2.18. The average Bonchev–Trinajstić information content (AvgIpc) is 2.43. The van der Waals surface area contributed by atoms with Crippen LogP contribution in [0.3, 0.4) is 0 Å². The Morgan fingerprint density at radius 2 is 2.18 bits per heavy atom. The lowest BCUT2D eigenvalue weighted by atomic mass is 9.97. The molecule has 2 saturated carbocycles. The molecule has 2 nitrogen and oxygen atoms in total. The highest BCUT2D eigenvalue weighted by molar-refractivity contribution is 5.98. The van der Waals surface area contributed by atoms with Gasteiger partial charge in [0.2, 0.25) is 0 Å². The molecule has 2 aliphatic rings. The fourth-order valence-corrected chi connectivity index (χ4v) is 2.31. The zero-order valence-corrected chi connectivity index (χ0v) is 6.42. The van der Waals surface area contributed by atoms with E-state index in [4.69, 9.17) is 0 Å². The van der Waals surface area contributed by atoms with Gasteiger partial charge in [-0.3, -0.25) is 4.79 Å². The molecule has 2 aliphatic carbocycles. The number of aliphatic hydroxyl groups excluding tert-OH is 1. The monoisotopic (exact) mass is 152 g/mol. The fourth-order valence-electron chi connectivity index (χ4n) is 2.31. The molecular formula is C9H12O2. The number of hydrogen-bond acceptors (Lipinski definition) is 2. The number of carbonyl (C=O) groups excluding carboxylic acids is 1. The molecule has 0 aromatic heterocycles. The predicted molar refractivity (Wildman–Crippen MR) is 41.0 cm³/mol. The molecule has 60 valence electrons. The molecule has 2 heteroatoms. The molecule has 0 aliphatic heterocycles. The molecular weight excluding hydrogens is 140 g/mol. The number of carbonyl (C=O) groups is 1. The standard InChI is InChI=1S/C9H12O2/c1-5-6-2-3-8(10)7(6)4-9(5)11/h6-8,10H,1-4H2/t6-,7-,8-/m1/s1. The minimum Gasteiger partial charge on any atom is -0.393 e. The van der Waals surface area contributed by atoms with Crippen molar-refractivity contribution >= 4 is 5.78 Å². The lowest BCUT2D eigenvalue weighted by Crippen LogP contribution is -2.14. The van der Waals surface area contributed by atoms with Crippen molar-refractivity contribution in [3.05, 3.63) is 12.2 Å². The van der Waals surface area contributed by atoms with Gasteiger partial charge in [-0.05, 0) is 30.3 Å². The van der Waals surface area contributed by atoms with Crippen LogP contribution in [0.4, 0.5) is 0 Å². The molecule has 0 saturated heterocycles. The first-order chi connectivity index (χ1) is 5.20. The normalized spacial score (nSPS) is 43.2. The molecule has 1 N–H and O–H groups in total. The summed E-state index contributed by atoms with van der Waals surface area (Å²) in [6.07, 6.45) is 2.09. The van der Waals surface area contributed by atoms with Crippen molar-refractivity contribution in [3.63, 3.8) is 0 Å². The van der Waals surface area contributed by atoms with Crippen molar-refractivity contribution in [2.24, 2.45) is 11.8 Å².